The summed E-state index contributed by atoms with van der Waals surface area (Å²) in [5, 5.41) is 9.50. The molecule has 8 nitrogen and oxygen atoms in total. The lowest BCUT2D eigenvalue weighted by Gasteiger charge is -2.16. The van der Waals surface area contributed by atoms with Crippen molar-refractivity contribution in [1.29, 1.82) is 0 Å². The second kappa shape index (κ2) is 15.3. The molecule has 1 aliphatic rings. The van der Waals surface area contributed by atoms with Crippen molar-refractivity contribution in [3.05, 3.63) is 57.9 Å². The van der Waals surface area contributed by atoms with Crippen molar-refractivity contribution in [1.82, 2.24) is 4.90 Å². The SMILES string of the molecule is CCCCC(=O)c1cc2c(F)c(OCCC/C(=C\C3=C(C(/F)=C/O)CN(C(=O)CCC=O)C3)OC)c(OC)cc2s1. The Balaban J connectivity index is 1.70. The number of hydrogen-bond acceptors (Lipinski definition) is 8. The van der Waals surface area contributed by atoms with Crippen molar-refractivity contribution < 1.29 is 42.5 Å². The molecule has 41 heavy (non-hydrogen) atoms. The fraction of sp³-hybridized carbons (Fsp3) is 0.433. The number of ether oxygens (including phenoxy) is 3. The molecule has 0 atom stereocenters. The molecule has 0 aliphatic carbocycles. The molecule has 2 heterocycles. The average molecular weight is 592 g/mol. The van der Waals surface area contributed by atoms with Gasteiger partial charge in [0.05, 0.1) is 31.5 Å². The van der Waals surface area contributed by atoms with Gasteiger partial charge < -0.3 is 29.0 Å². The number of allylic oxidation sites excluding steroid dienone is 1. The van der Waals surface area contributed by atoms with E-state index in [-0.39, 0.29) is 61.3 Å². The number of fused-ring (bicyclic) bond motifs is 1. The highest BCUT2D eigenvalue weighted by atomic mass is 32.1. The summed E-state index contributed by atoms with van der Waals surface area (Å²) in [6.07, 6.45) is 5.54. The first kappa shape index (κ1) is 31.8. The fourth-order valence-electron chi connectivity index (χ4n) is 4.44. The Morgan fingerprint density at radius 2 is 1.93 bits per heavy atom. The Bertz CT molecular complexity index is 1360. The van der Waals surface area contributed by atoms with Crippen LogP contribution in [0.4, 0.5) is 8.78 Å². The van der Waals surface area contributed by atoms with Gasteiger partial charge in [0.15, 0.2) is 28.9 Å². The van der Waals surface area contributed by atoms with E-state index in [0.717, 1.165) is 12.8 Å². The van der Waals surface area contributed by atoms with Crippen LogP contribution in [0.15, 0.2) is 47.2 Å². The van der Waals surface area contributed by atoms with Gasteiger partial charge in [0.25, 0.3) is 0 Å². The molecule has 1 amide bonds. The molecule has 1 N–H and O–H groups in total. The van der Waals surface area contributed by atoms with Crippen molar-refractivity contribution >= 4 is 39.4 Å². The van der Waals surface area contributed by atoms with Crippen molar-refractivity contribution in [2.45, 2.75) is 51.9 Å². The number of carbonyl (C=O) groups excluding carboxylic acids is 3. The number of rotatable bonds is 16. The number of Topliss-reactive ketones (excluding diaryl/α,β-unsaturated/α-hetero) is 1. The van der Waals surface area contributed by atoms with Crippen LogP contribution < -0.4 is 9.47 Å². The van der Waals surface area contributed by atoms with Crippen LogP contribution in [-0.4, -0.2) is 61.9 Å². The highest BCUT2D eigenvalue weighted by molar-refractivity contribution is 7.20. The Morgan fingerprint density at radius 3 is 2.59 bits per heavy atom. The van der Waals surface area contributed by atoms with Crippen LogP contribution in [0.2, 0.25) is 0 Å². The molecule has 0 radical (unpaired) electrons. The van der Waals surface area contributed by atoms with Gasteiger partial charge in [-0.3, -0.25) is 9.59 Å². The lowest BCUT2D eigenvalue weighted by Crippen LogP contribution is -2.29. The average Bonchev–Trinajstić information content (AvgIpc) is 3.61. The highest BCUT2D eigenvalue weighted by Crippen LogP contribution is 2.40. The predicted octanol–water partition coefficient (Wildman–Crippen LogP) is 6.60. The first-order chi connectivity index (χ1) is 19.8. The molecular formula is C30H35F2NO7S. The quantitative estimate of drug-likeness (QED) is 0.102. The number of ketones is 1. The van der Waals surface area contributed by atoms with E-state index in [1.165, 1.54) is 30.5 Å². The first-order valence-electron chi connectivity index (χ1n) is 13.4. The molecular weight excluding hydrogens is 556 g/mol. The van der Waals surface area contributed by atoms with Gasteiger partial charge >= 0.3 is 0 Å². The largest absolute Gasteiger partial charge is 0.513 e. The third-order valence-corrected chi connectivity index (χ3v) is 7.80. The van der Waals surface area contributed by atoms with Crippen molar-refractivity contribution in [2.75, 3.05) is 33.9 Å². The molecule has 0 fully saturated rings. The zero-order valence-electron chi connectivity index (χ0n) is 23.5. The number of aliphatic hydroxyl groups is 1. The van der Waals surface area contributed by atoms with Gasteiger partial charge in [0, 0.05) is 60.5 Å². The van der Waals surface area contributed by atoms with Crippen molar-refractivity contribution in [2.24, 2.45) is 0 Å². The number of aldehydes is 1. The molecule has 1 aromatic heterocycles. The van der Waals surface area contributed by atoms with E-state index < -0.39 is 11.6 Å². The molecule has 0 unspecified atom stereocenters. The molecule has 1 aromatic carbocycles. The van der Waals surface area contributed by atoms with Gasteiger partial charge in [-0.05, 0) is 30.6 Å². The molecule has 0 saturated carbocycles. The summed E-state index contributed by atoms with van der Waals surface area (Å²) >= 11 is 1.23. The predicted molar refractivity (Wildman–Crippen MR) is 153 cm³/mol. The van der Waals surface area contributed by atoms with Crippen LogP contribution in [0.5, 0.6) is 11.5 Å². The Hall–Kier alpha value is -3.73. The van der Waals surface area contributed by atoms with Gasteiger partial charge in [-0.25, -0.2) is 8.78 Å². The molecule has 1 aliphatic heterocycles. The number of methoxy groups -OCH3 is 2. The van der Waals surface area contributed by atoms with Gasteiger partial charge in [-0.15, -0.1) is 11.3 Å². The number of halogens is 2. The Kier molecular flexibility index (Phi) is 11.9. The summed E-state index contributed by atoms with van der Waals surface area (Å²) in [6, 6.07) is 3.22. The van der Waals surface area contributed by atoms with Crippen LogP contribution in [0.3, 0.4) is 0 Å². The minimum atomic E-state index is -0.859. The summed E-state index contributed by atoms with van der Waals surface area (Å²) in [4.78, 5) is 37.3. The van der Waals surface area contributed by atoms with E-state index in [9.17, 15) is 23.9 Å². The maximum absolute atomic E-state index is 15.4. The number of carbonyl (C=O) groups is 3. The number of benzene rings is 1. The fourth-order valence-corrected chi connectivity index (χ4v) is 5.49. The Morgan fingerprint density at radius 1 is 1.15 bits per heavy atom. The number of unbranched alkanes of at least 4 members (excludes halogenated alkanes) is 1. The third-order valence-electron chi connectivity index (χ3n) is 6.67. The van der Waals surface area contributed by atoms with E-state index in [2.05, 4.69) is 0 Å². The van der Waals surface area contributed by atoms with E-state index in [4.69, 9.17) is 14.2 Å². The first-order valence-corrected chi connectivity index (χ1v) is 14.2. The summed E-state index contributed by atoms with van der Waals surface area (Å²) in [7, 11) is 2.87. The van der Waals surface area contributed by atoms with Crippen molar-refractivity contribution in [3.63, 3.8) is 0 Å². The molecule has 2 aromatic rings. The smallest absolute Gasteiger partial charge is 0.223 e. The zero-order chi connectivity index (χ0) is 29.9. The number of thiophene rings is 1. The maximum atomic E-state index is 15.4. The lowest BCUT2D eigenvalue weighted by atomic mass is 10.1. The van der Waals surface area contributed by atoms with Crippen LogP contribution in [0.1, 0.15) is 61.5 Å². The summed E-state index contributed by atoms with van der Waals surface area (Å²) in [5.41, 5.74) is 0.617. The summed E-state index contributed by atoms with van der Waals surface area (Å²) in [5.74, 6) is -1.12. The third kappa shape index (κ3) is 7.93. The zero-order valence-corrected chi connectivity index (χ0v) is 24.3. The van der Waals surface area contributed by atoms with E-state index in [1.807, 2.05) is 6.92 Å². The molecule has 0 saturated heterocycles. The van der Waals surface area contributed by atoms with Crippen LogP contribution in [-0.2, 0) is 14.3 Å². The normalized spacial score (nSPS) is 14.1. The van der Waals surface area contributed by atoms with Gasteiger partial charge in [-0.1, -0.05) is 13.3 Å². The summed E-state index contributed by atoms with van der Waals surface area (Å²) < 4.78 is 47.0. The van der Waals surface area contributed by atoms with E-state index in [0.29, 0.717) is 58.1 Å². The second-order valence-electron chi connectivity index (χ2n) is 9.47. The van der Waals surface area contributed by atoms with E-state index >= 15 is 4.39 Å². The number of amides is 1. The molecule has 222 valence electrons. The maximum Gasteiger partial charge on any atom is 0.223 e. The van der Waals surface area contributed by atoms with Gasteiger partial charge in [0.1, 0.15) is 12.5 Å². The molecule has 0 spiro atoms. The number of nitrogens with zero attached hydrogens (tertiary/aromatic N) is 1. The van der Waals surface area contributed by atoms with E-state index in [1.54, 1.807) is 18.2 Å². The number of hydrogen-bond donors (Lipinski definition) is 1. The standard InChI is InChI=1S/C30H35F2NO7S/c1-4-5-9-24(36)27-14-21-26(41-27)15-25(39-3)30(29(21)32)40-12-7-8-20(38-2)13-19-16-33(28(37)10-6-11-34)17-22(19)23(31)18-35/h11,13-15,18,35H,4-10,12,16-17H2,1-3H3/b20-13+,23-18-. The molecule has 11 heteroatoms. The van der Waals surface area contributed by atoms with Crippen LogP contribution in [0, 0.1) is 5.82 Å². The topological polar surface area (TPSA) is 102 Å². The minimum Gasteiger partial charge on any atom is -0.513 e. The van der Waals surface area contributed by atoms with Crippen LogP contribution in [0.25, 0.3) is 10.1 Å². The summed E-state index contributed by atoms with van der Waals surface area (Å²) in [6.45, 7) is 2.18. The molecule has 3 rings (SSSR count). The van der Waals surface area contributed by atoms with Crippen molar-refractivity contribution in [3.8, 4) is 11.5 Å². The van der Waals surface area contributed by atoms with Crippen LogP contribution >= 0.6 is 11.3 Å². The van der Waals surface area contributed by atoms with Gasteiger partial charge in [0.2, 0.25) is 5.91 Å². The number of aliphatic hydroxyl groups excluding tert-OH is 1. The Labute approximate surface area is 241 Å². The lowest BCUT2D eigenvalue weighted by molar-refractivity contribution is -0.130. The second-order valence-corrected chi connectivity index (χ2v) is 10.6. The highest BCUT2D eigenvalue weighted by Gasteiger charge is 2.27. The van der Waals surface area contributed by atoms with Gasteiger partial charge in [-0.2, -0.15) is 0 Å². The monoisotopic (exact) mass is 591 g/mol. The minimum absolute atomic E-state index is 0.0143. The molecule has 0 bridgehead atoms.